The molecule has 1 aromatic rings. The molecule has 1 aliphatic carbocycles. The smallest absolute Gasteiger partial charge is 0.0314 e. The van der Waals surface area contributed by atoms with Gasteiger partial charge in [-0.2, -0.15) is 0 Å². The number of hydrogen-bond donors (Lipinski definition) is 2. The molecule has 1 atom stereocenters. The van der Waals surface area contributed by atoms with Crippen molar-refractivity contribution in [1.29, 1.82) is 0 Å². The average Bonchev–Trinajstić information content (AvgIpc) is 2.26. The van der Waals surface area contributed by atoms with Crippen LogP contribution < -0.4 is 11.5 Å². The molecule has 0 amide bonds. The van der Waals surface area contributed by atoms with Gasteiger partial charge in [0.1, 0.15) is 0 Å². The number of anilines is 1. The van der Waals surface area contributed by atoms with Gasteiger partial charge in [0.2, 0.25) is 0 Å². The number of rotatable bonds is 1. The summed E-state index contributed by atoms with van der Waals surface area (Å²) in [7, 11) is 0. The van der Waals surface area contributed by atoms with E-state index in [0.29, 0.717) is 0 Å². The van der Waals surface area contributed by atoms with Crippen LogP contribution in [0.1, 0.15) is 39.7 Å². The third kappa shape index (κ3) is 4.62. The van der Waals surface area contributed by atoms with Crippen molar-refractivity contribution < 1.29 is 5.48 Å². The van der Waals surface area contributed by atoms with E-state index in [0.717, 1.165) is 12.1 Å². The lowest BCUT2D eigenvalue weighted by Crippen LogP contribution is -2.49. The molecular formula is C16H28Cl2N2O. The van der Waals surface area contributed by atoms with Crippen LogP contribution in [0.3, 0.4) is 0 Å². The van der Waals surface area contributed by atoms with Gasteiger partial charge in [0.25, 0.3) is 0 Å². The summed E-state index contributed by atoms with van der Waals surface area (Å²) in [5.41, 5.74) is 15.7. The topological polar surface area (TPSA) is 83.5 Å². The molecule has 1 aliphatic rings. The molecule has 0 radical (unpaired) electrons. The lowest BCUT2D eigenvalue weighted by Gasteiger charge is -2.46. The van der Waals surface area contributed by atoms with E-state index in [9.17, 15) is 0 Å². The Morgan fingerprint density at radius 2 is 1.48 bits per heavy atom. The summed E-state index contributed by atoms with van der Waals surface area (Å²) >= 11 is 0. The molecule has 1 unspecified atom stereocenters. The van der Waals surface area contributed by atoms with E-state index in [4.69, 9.17) is 11.5 Å². The summed E-state index contributed by atoms with van der Waals surface area (Å²) in [5.74, 6) is 0. The molecule has 21 heavy (non-hydrogen) atoms. The van der Waals surface area contributed by atoms with Crippen LogP contribution in [0.5, 0.6) is 0 Å². The second-order valence-corrected chi connectivity index (χ2v) is 6.76. The van der Waals surface area contributed by atoms with Gasteiger partial charge >= 0.3 is 0 Å². The van der Waals surface area contributed by atoms with Gasteiger partial charge in [-0.3, -0.25) is 0 Å². The summed E-state index contributed by atoms with van der Waals surface area (Å²) in [5, 5.41) is 0. The predicted octanol–water partition coefficient (Wildman–Crippen LogP) is 3.45. The van der Waals surface area contributed by atoms with Crippen LogP contribution in [-0.4, -0.2) is 11.5 Å². The highest BCUT2D eigenvalue weighted by Gasteiger charge is 2.41. The molecular weight excluding hydrogens is 307 g/mol. The molecule has 0 spiro atoms. The molecule has 0 fully saturated rings. The van der Waals surface area contributed by atoms with Crippen LogP contribution in [0.15, 0.2) is 30.3 Å². The Morgan fingerprint density at radius 3 is 1.90 bits per heavy atom. The Bertz CT molecular complexity index is 482. The summed E-state index contributed by atoms with van der Waals surface area (Å²) in [6.07, 6.45) is 3.34. The summed E-state index contributed by atoms with van der Waals surface area (Å²) in [6.45, 7) is 8.94. The van der Waals surface area contributed by atoms with Gasteiger partial charge in [0, 0.05) is 11.7 Å². The van der Waals surface area contributed by atoms with E-state index in [1.165, 1.54) is 11.1 Å². The molecule has 0 aromatic heterocycles. The van der Waals surface area contributed by atoms with Crippen LogP contribution in [0, 0.1) is 10.8 Å². The van der Waals surface area contributed by atoms with Crippen molar-refractivity contribution in [3.05, 3.63) is 35.9 Å². The zero-order valence-corrected chi connectivity index (χ0v) is 14.8. The Kier molecular flexibility index (Phi) is 8.05. The maximum absolute atomic E-state index is 6.39. The molecule has 0 saturated carbocycles. The van der Waals surface area contributed by atoms with Gasteiger partial charge in [0.15, 0.2) is 0 Å². The molecule has 2 rings (SSSR count). The van der Waals surface area contributed by atoms with Crippen LogP contribution in [0.25, 0.3) is 5.57 Å². The number of halogens is 2. The van der Waals surface area contributed by atoms with Crippen molar-refractivity contribution in [3.8, 4) is 0 Å². The minimum atomic E-state index is 0. The van der Waals surface area contributed by atoms with Crippen molar-refractivity contribution in [1.82, 2.24) is 0 Å². The fourth-order valence-electron chi connectivity index (χ4n) is 3.08. The zero-order chi connectivity index (χ0) is 13.6. The van der Waals surface area contributed by atoms with Gasteiger partial charge in [-0.25, -0.2) is 0 Å². The Labute approximate surface area is 140 Å². The largest absolute Gasteiger partial charge is 0.412 e. The number of nitrogens with two attached hydrogens (primary N) is 2. The Morgan fingerprint density at radius 1 is 1.00 bits per heavy atom. The van der Waals surface area contributed by atoms with Gasteiger partial charge < -0.3 is 16.9 Å². The predicted molar refractivity (Wildman–Crippen MR) is 97.1 cm³/mol. The van der Waals surface area contributed by atoms with E-state index in [-0.39, 0.29) is 47.2 Å². The first-order chi connectivity index (χ1) is 8.22. The molecule has 0 heterocycles. The fraction of sp³-hybridized carbons (Fsp3) is 0.500. The van der Waals surface area contributed by atoms with Gasteiger partial charge in [-0.05, 0) is 40.5 Å². The van der Waals surface area contributed by atoms with Gasteiger partial charge in [-0.15, -0.1) is 24.8 Å². The first kappa shape index (κ1) is 22.5. The highest BCUT2D eigenvalue weighted by Crippen LogP contribution is 2.46. The van der Waals surface area contributed by atoms with E-state index < -0.39 is 0 Å². The van der Waals surface area contributed by atoms with Crippen molar-refractivity contribution in [3.63, 3.8) is 0 Å². The van der Waals surface area contributed by atoms with Crippen molar-refractivity contribution in [2.75, 3.05) is 5.73 Å². The number of benzene rings is 1. The summed E-state index contributed by atoms with van der Waals surface area (Å²) < 4.78 is 0. The quantitative estimate of drug-likeness (QED) is 0.771. The number of hydrogen-bond acceptors (Lipinski definition) is 2. The van der Waals surface area contributed by atoms with Crippen molar-refractivity contribution in [2.24, 2.45) is 16.6 Å². The van der Waals surface area contributed by atoms with Crippen molar-refractivity contribution >= 4 is 36.1 Å². The van der Waals surface area contributed by atoms with Crippen LogP contribution in [0.2, 0.25) is 0 Å². The highest BCUT2D eigenvalue weighted by atomic mass is 35.5. The summed E-state index contributed by atoms with van der Waals surface area (Å²) in [6, 6.07) is 8.31. The molecule has 5 heteroatoms. The standard InChI is InChI=1S/C16H24N2.2ClH.H2O/c1-15(2)9-12(10-16(3,4)14(15)18)11-5-7-13(17)8-6-11;;;/h5-9,14H,10,17-18H2,1-4H3;2*1H;1H2. The third-order valence-corrected chi connectivity index (χ3v) is 4.12. The lowest BCUT2D eigenvalue weighted by molar-refractivity contribution is 0.176. The first-order valence-corrected chi connectivity index (χ1v) is 6.56. The van der Waals surface area contributed by atoms with Crippen LogP contribution in [0.4, 0.5) is 5.69 Å². The normalized spacial score (nSPS) is 22.0. The lowest BCUT2D eigenvalue weighted by atomic mass is 9.62. The van der Waals surface area contributed by atoms with E-state index in [2.05, 4.69) is 45.9 Å². The second-order valence-electron chi connectivity index (χ2n) is 6.76. The molecule has 6 N–H and O–H groups in total. The second kappa shape index (κ2) is 7.50. The number of allylic oxidation sites excluding steroid dienone is 1. The van der Waals surface area contributed by atoms with E-state index in [1.807, 2.05) is 12.1 Å². The molecule has 0 saturated heterocycles. The minimum absolute atomic E-state index is 0. The third-order valence-electron chi connectivity index (χ3n) is 4.12. The van der Waals surface area contributed by atoms with E-state index in [1.54, 1.807) is 0 Å². The Hall–Kier alpha value is -0.740. The van der Waals surface area contributed by atoms with E-state index >= 15 is 0 Å². The fourth-order valence-corrected chi connectivity index (χ4v) is 3.08. The SMILES string of the molecule is CC1(C)C=C(c2ccc(N)cc2)CC(C)(C)C1N.Cl.Cl.O. The number of nitrogen functional groups attached to an aromatic ring is 1. The molecule has 0 aliphatic heterocycles. The first-order valence-electron chi connectivity index (χ1n) is 6.56. The molecule has 3 nitrogen and oxygen atoms in total. The van der Waals surface area contributed by atoms with Crippen LogP contribution >= 0.6 is 24.8 Å². The average molecular weight is 335 g/mol. The molecule has 1 aromatic carbocycles. The van der Waals surface area contributed by atoms with Crippen molar-refractivity contribution in [2.45, 2.75) is 40.2 Å². The van der Waals surface area contributed by atoms with Crippen LogP contribution in [-0.2, 0) is 0 Å². The van der Waals surface area contributed by atoms with Gasteiger partial charge in [-0.1, -0.05) is 45.9 Å². The van der Waals surface area contributed by atoms with Gasteiger partial charge in [0.05, 0.1) is 0 Å². The minimum Gasteiger partial charge on any atom is -0.412 e. The zero-order valence-electron chi connectivity index (χ0n) is 13.1. The molecule has 0 bridgehead atoms. The monoisotopic (exact) mass is 334 g/mol. The molecule has 122 valence electrons. The Balaban J connectivity index is 0. The maximum atomic E-state index is 6.39. The summed E-state index contributed by atoms with van der Waals surface area (Å²) in [4.78, 5) is 0. The highest BCUT2D eigenvalue weighted by molar-refractivity contribution is 5.85. The maximum Gasteiger partial charge on any atom is 0.0314 e.